The zero-order valence-electron chi connectivity index (χ0n) is 15.2. The summed E-state index contributed by atoms with van der Waals surface area (Å²) in [5.74, 6) is 1.24. The number of nitrogens with zero attached hydrogens (tertiary/aromatic N) is 3. The molecule has 0 atom stereocenters. The van der Waals surface area contributed by atoms with E-state index in [0.717, 1.165) is 42.9 Å². The highest BCUT2D eigenvalue weighted by Crippen LogP contribution is 2.21. The van der Waals surface area contributed by atoms with Gasteiger partial charge in [-0.05, 0) is 24.3 Å². The zero-order valence-corrected chi connectivity index (χ0v) is 16.0. The fourth-order valence-corrected chi connectivity index (χ4v) is 2.45. The van der Waals surface area contributed by atoms with Gasteiger partial charge in [0, 0.05) is 36.4 Å². The molecule has 8 nitrogen and oxygen atoms in total. The topological polar surface area (TPSA) is 131 Å². The van der Waals surface area contributed by atoms with E-state index >= 15 is 0 Å². The number of morpholine rings is 1. The maximum absolute atomic E-state index is 7.34. The van der Waals surface area contributed by atoms with E-state index in [0.29, 0.717) is 11.8 Å². The molecule has 1 saturated heterocycles. The third-order valence-electron chi connectivity index (χ3n) is 3.71. The molecule has 28 heavy (non-hydrogen) atoms. The van der Waals surface area contributed by atoms with Crippen molar-refractivity contribution in [2.24, 2.45) is 0 Å². The summed E-state index contributed by atoms with van der Waals surface area (Å²) >= 11 is 3.65. The average Bonchev–Trinajstić information content (AvgIpc) is 2.69. The lowest BCUT2D eigenvalue weighted by atomic mass is 10.2. The van der Waals surface area contributed by atoms with E-state index in [9.17, 15) is 0 Å². The standard InChI is InChI=1S/C12H14N4O.C6H7N.CH2O2S/c13-11-9-3-1-2-4-10(9)14-12(15-11)16-5-7-17-8-6-16;7-6-4-2-1-3-5-6;2-1(3)4/h1-4H,5-8H2,(H2,13,14,15);1-5H,7H2;(H2,2,3,4). The molecule has 0 spiro atoms. The van der Waals surface area contributed by atoms with Gasteiger partial charge in [0.25, 0.3) is 0 Å². The van der Waals surface area contributed by atoms with Crippen molar-refractivity contribution in [3.8, 4) is 0 Å². The Morgan fingerprint density at radius 1 is 0.929 bits per heavy atom. The van der Waals surface area contributed by atoms with Gasteiger partial charge in [-0.25, -0.2) is 4.98 Å². The van der Waals surface area contributed by atoms with Crippen molar-refractivity contribution >= 4 is 45.8 Å². The molecule has 9 heteroatoms. The monoisotopic (exact) mass is 401 g/mol. The van der Waals surface area contributed by atoms with Gasteiger partial charge >= 0.3 is 5.24 Å². The number of fused-ring (bicyclic) bond motifs is 1. The van der Waals surface area contributed by atoms with Crippen molar-refractivity contribution in [1.29, 1.82) is 0 Å². The number of nitrogens with two attached hydrogens (primary N) is 2. The molecular formula is C19H23N5O3S. The smallest absolute Gasteiger partial charge is 0.347 e. The van der Waals surface area contributed by atoms with E-state index in [2.05, 4.69) is 27.1 Å². The fourth-order valence-electron chi connectivity index (χ4n) is 2.45. The molecule has 148 valence electrons. The highest BCUT2D eigenvalue weighted by molar-refractivity contribution is 7.79. The van der Waals surface area contributed by atoms with Crippen LogP contribution in [0.5, 0.6) is 0 Å². The third kappa shape index (κ3) is 6.86. The lowest BCUT2D eigenvalue weighted by Crippen LogP contribution is -2.37. The summed E-state index contributed by atoms with van der Waals surface area (Å²) in [7, 11) is 0. The van der Waals surface area contributed by atoms with Crippen molar-refractivity contribution in [2.75, 3.05) is 42.7 Å². The summed E-state index contributed by atoms with van der Waals surface area (Å²) < 4.78 is 5.31. The number of aliphatic hydroxyl groups excluding tert-OH is 1. The number of nitrogen functional groups attached to an aromatic ring is 2. The van der Waals surface area contributed by atoms with Gasteiger partial charge in [0.1, 0.15) is 5.82 Å². The predicted molar refractivity (Wildman–Crippen MR) is 116 cm³/mol. The molecule has 1 aliphatic rings. The van der Waals surface area contributed by atoms with Crippen LogP contribution in [0.2, 0.25) is 0 Å². The second kappa shape index (κ2) is 10.9. The minimum Gasteiger partial charge on any atom is -0.473 e. The van der Waals surface area contributed by atoms with E-state index in [4.69, 9.17) is 26.4 Å². The van der Waals surface area contributed by atoms with Crippen molar-refractivity contribution in [2.45, 2.75) is 0 Å². The number of benzene rings is 2. The first kappa shape index (κ1) is 21.1. The largest absolute Gasteiger partial charge is 0.473 e. The number of ether oxygens (including phenoxy) is 1. The Hall–Kier alpha value is -3.17. The lowest BCUT2D eigenvalue weighted by molar-refractivity contribution is 0.122. The maximum Gasteiger partial charge on any atom is 0.347 e. The Kier molecular flexibility index (Phi) is 8.19. The summed E-state index contributed by atoms with van der Waals surface area (Å²) in [6, 6.07) is 17.3. The Balaban J connectivity index is 0.000000211. The summed E-state index contributed by atoms with van der Waals surface area (Å²) in [5.41, 5.74) is 13.0. The predicted octanol–water partition coefficient (Wildman–Crippen LogP) is 2.70. The fraction of sp³-hybridized carbons (Fsp3) is 0.211. The Morgan fingerprint density at radius 3 is 2.07 bits per heavy atom. The lowest BCUT2D eigenvalue weighted by Gasteiger charge is -2.27. The van der Waals surface area contributed by atoms with E-state index in [1.165, 1.54) is 0 Å². The number of thiocarbonyl (C=S) groups is 1. The molecule has 2 heterocycles. The van der Waals surface area contributed by atoms with Crippen LogP contribution in [-0.2, 0) is 4.74 Å². The Bertz CT molecular complexity index is 885. The van der Waals surface area contributed by atoms with Gasteiger partial charge in [-0.3, -0.25) is 0 Å². The number of rotatable bonds is 1. The average molecular weight is 401 g/mol. The number of anilines is 3. The van der Waals surface area contributed by atoms with Gasteiger partial charge in [-0.15, -0.1) is 0 Å². The quantitative estimate of drug-likeness (QED) is 0.359. The van der Waals surface area contributed by atoms with Gasteiger partial charge in [0.2, 0.25) is 5.95 Å². The molecule has 2 aromatic carbocycles. The van der Waals surface area contributed by atoms with Crippen molar-refractivity contribution in [3.05, 3.63) is 54.6 Å². The first-order valence-electron chi connectivity index (χ1n) is 8.54. The molecule has 1 fully saturated rings. The zero-order chi connectivity index (χ0) is 20.4. The van der Waals surface area contributed by atoms with Crippen LogP contribution < -0.4 is 16.4 Å². The molecule has 1 aromatic heterocycles. The second-order valence-electron chi connectivity index (χ2n) is 5.72. The highest BCUT2D eigenvalue weighted by atomic mass is 32.1. The first-order chi connectivity index (χ1) is 13.5. The number of hydrogen-bond acceptors (Lipinski definition) is 7. The van der Waals surface area contributed by atoms with Crippen molar-refractivity contribution in [3.63, 3.8) is 0 Å². The first-order valence-corrected chi connectivity index (χ1v) is 8.95. The van der Waals surface area contributed by atoms with Gasteiger partial charge in [-0.2, -0.15) is 4.98 Å². The molecule has 0 amide bonds. The summed E-state index contributed by atoms with van der Waals surface area (Å²) in [4.78, 5) is 11.0. The molecule has 6 N–H and O–H groups in total. The number of aliphatic hydroxyl groups is 2. The Morgan fingerprint density at radius 2 is 1.50 bits per heavy atom. The molecule has 3 aromatic rings. The van der Waals surface area contributed by atoms with Crippen LogP contribution in [-0.4, -0.2) is 51.7 Å². The van der Waals surface area contributed by atoms with Gasteiger partial charge in [0.15, 0.2) is 0 Å². The minimum atomic E-state index is -1.000. The molecule has 0 radical (unpaired) electrons. The normalized spacial score (nSPS) is 12.9. The summed E-state index contributed by atoms with van der Waals surface area (Å²) in [6.45, 7) is 3.07. The SMILES string of the molecule is Nc1ccccc1.Nc1nc(N2CCOCC2)nc2ccccc12.OC(O)=S. The minimum absolute atomic E-state index is 0.539. The van der Waals surface area contributed by atoms with Crippen molar-refractivity contribution in [1.82, 2.24) is 9.97 Å². The third-order valence-corrected chi connectivity index (χ3v) is 3.71. The maximum atomic E-state index is 7.34. The van der Waals surface area contributed by atoms with E-state index < -0.39 is 5.24 Å². The van der Waals surface area contributed by atoms with Gasteiger partial charge in [-0.1, -0.05) is 30.3 Å². The van der Waals surface area contributed by atoms with E-state index in [1.54, 1.807) is 0 Å². The molecule has 0 bridgehead atoms. The molecule has 4 rings (SSSR count). The molecule has 0 aliphatic carbocycles. The highest BCUT2D eigenvalue weighted by Gasteiger charge is 2.15. The van der Waals surface area contributed by atoms with Gasteiger partial charge < -0.3 is 31.3 Å². The van der Waals surface area contributed by atoms with Crippen LogP contribution in [0.3, 0.4) is 0 Å². The molecular weight excluding hydrogens is 378 g/mol. The van der Waals surface area contributed by atoms with Crippen LogP contribution in [0.25, 0.3) is 10.9 Å². The number of para-hydroxylation sites is 2. The Labute approximate surface area is 168 Å². The molecule has 0 unspecified atom stereocenters. The molecule has 0 saturated carbocycles. The van der Waals surface area contributed by atoms with E-state index in [-0.39, 0.29) is 0 Å². The van der Waals surface area contributed by atoms with Gasteiger partial charge in [0.05, 0.1) is 18.7 Å². The summed E-state index contributed by atoms with van der Waals surface area (Å²) in [6.07, 6.45) is 0. The molecule has 1 aliphatic heterocycles. The summed E-state index contributed by atoms with van der Waals surface area (Å²) in [5, 5.41) is 14.6. The van der Waals surface area contributed by atoms with Crippen LogP contribution in [0.15, 0.2) is 54.6 Å². The van der Waals surface area contributed by atoms with Crippen LogP contribution in [0.1, 0.15) is 0 Å². The second-order valence-corrected chi connectivity index (χ2v) is 6.08. The van der Waals surface area contributed by atoms with Crippen LogP contribution in [0, 0.1) is 0 Å². The number of hydrogen-bond donors (Lipinski definition) is 4. The van der Waals surface area contributed by atoms with Crippen molar-refractivity contribution < 1.29 is 14.9 Å². The number of aromatic nitrogens is 2. The van der Waals surface area contributed by atoms with Crippen LogP contribution in [0.4, 0.5) is 17.5 Å². The van der Waals surface area contributed by atoms with Crippen LogP contribution >= 0.6 is 12.2 Å². The van der Waals surface area contributed by atoms with E-state index in [1.807, 2.05) is 54.6 Å².